The maximum Gasteiger partial charge on any atom is 0.0107 e. The Labute approximate surface area is 176 Å². The molecule has 0 aromatic rings. The Morgan fingerprint density at radius 1 is 1.04 bits per heavy atom. The summed E-state index contributed by atoms with van der Waals surface area (Å²) in [6.07, 6.45) is 8.57. The number of likely N-dealkylation sites (N-methyl/N-ethyl adjacent to an activating group) is 1. The monoisotopic (exact) mass is 417 g/mol. The van der Waals surface area contributed by atoms with Crippen LogP contribution in [-0.2, 0) is 0 Å². The minimum atomic E-state index is 0. The highest BCUT2D eigenvalue weighted by atomic mass is 35.5. The van der Waals surface area contributed by atoms with E-state index in [2.05, 4.69) is 37.6 Å². The normalized spacial score (nSPS) is 11.7. The SMILES string of the molecule is C1CC1.C=CCN.CCC(C)CN.CCCN(CCN)CCNC.Cl.Cl. The summed E-state index contributed by atoms with van der Waals surface area (Å²) >= 11 is 0. The highest BCUT2D eigenvalue weighted by Gasteiger charge is 1.99. The average Bonchev–Trinajstić information content (AvgIpc) is 3.49. The summed E-state index contributed by atoms with van der Waals surface area (Å²) in [4.78, 5) is 2.39. The molecule has 0 amide bonds. The van der Waals surface area contributed by atoms with Crippen molar-refractivity contribution in [3.8, 4) is 0 Å². The molecule has 0 aliphatic heterocycles. The molecule has 1 aliphatic rings. The Bertz CT molecular complexity index is 207. The summed E-state index contributed by atoms with van der Waals surface area (Å²) in [5.74, 6) is 0.713. The van der Waals surface area contributed by atoms with E-state index in [0.717, 1.165) is 32.7 Å². The van der Waals surface area contributed by atoms with Crippen LogP contribution < -0.4 is 22.5 Å². The maximum absolute atomic E-state index is 5.47. The van der Waals surface area contributed by atoms with Crippen molar-refractivity contribution in [2.75, 3.05) is 52.9 Å². The van der Waals surface area contributed by atoms with Crippen molar-refractivity contribution in [3.05, 3.63) is 12.7 Å². The molecular weight excluding hydrogens is 369 g/mol. The first-order valence-electron chi connectivity index (χ1n) is 9.65. The summed E-state index contributed by atoms with van der Waals surface area (Å²) in [6, 6.07) is 0. The van der Waals surface area contributed by atoms with Crippen molar-refractivity contribution in [2.45, 2.75) is 52.9 Å². The molecule has 1 fully saturated rings. The molecule has 26 heavy (non-hydrogen) atoms. The molecule has 0 bridgehead atoms. The van der Waals surface area contributed by atoms with E-state index in [1.54, 1.807) is 6.08 Å². The predicted octanol–water partition coefficient (Wildman–Crippen LogP) is 3.01. The van der Waals surface area contributed by atoms with Gasteiger partial charge in [0.15, 0.2) is 0 Å². The highest BCUT2D eigenvalue weighted by molar-refractivity contribution is 5.85. The first kappa shape index (κ1) is 37.0. The molecule has 1 rings (SSSR count). The predicted molar refractivity (Wildman–Crippen MR) is 126 cm³/mol. The fourth-order valence-corrected chi connectivity index (χ4v) is 1.27. The number of halogens is 2. The van der Waals surface area contributed by atoms with Crippen LogP contribution >= 0.6 is 24.8 Å². The topological polar surface area (TPSA) is 93.3 Å². The number of nitrogens with two attached hydrogens (primary N) is 3. The van der Waals surface area contributed by atoms with Crippen molar-refractivity contribution >= 4 is 24.8 Å². The van der Waals surface area contributed by atoms with Crippen LogP contribution in [0.5, 0.6) is 0 Å². The lowest BCUT2D eigenvalue weighted by molar-refractivity contribution is 0.283. The molecule has 7 heteroatoms. The summed E-state index contributed by atoms with van der Waals surface area (Å²) in [6.45, 7) is 16.4. The van der Waals surface area contributed by atoms with E-state index in [1.807, 2.05) is 7.05 Å². The van der Waals surface area contributed by atoms with Gasteiger partial charge >= 0.3 is 0 Å². The molecule has 0 spiro atoms. The van der Waals surface area contributed by atoms with E-state index in [9.17, 15) is 0 Å². The van der Waals surface area contributed by atoms with Gasteiger partial charge in [-0.05, 0) is 32.5 Å². The van der Waals surface area contributed by atoms with Gasteiger partial charge in [-0.3, -0.25) is 0 Å². The molecule has 0 saturated heterocycles. The minimum Gasteiger partial charge on any atom is -0.330 e. The number of hydrogen-bond donors (Lipinski definition) is 4. The van der Waals surface area contributed by atoms with Gasteiger partial charge in [0.1, 0.15) is 0 Å². The van der Waals surface area contributed by atoms with Crippen LogP contribution in [0.15, 0.2) is 12.7 Å². The molecule has 0 heterocycles. The van der Waals surface area contributed by atoms with Gasteiger partial charge < -0.3 is 27.4 Å². The van der Waals surface area contributed by atoms with E-state index < -0.39 is 0 Å². The Kier molecular flexibility index (Phi) is 51.3. The zero-order valence-electron chi connectivity index (χ0n) is 17.8. The lowest BCUT2D eigenvalue weighted by Crippen LogP contribution is -2.35. The highest BCUT2D eigenvalue weighted by Crippen LogP contribution is 2.14. The summed E-state index contributed by atoms with van der Waals surface area (Å²) in [7, 11) is 1.98. The van der Waals surface area contributed by atoms with Gasteiger partial charge in [0, 0.05) is 32.7 Å². The smallest absolute Gasteiger partial charge is 0.0107 e. The molecule has 5 nitrogen and oxygen atoms in total. The van der Waals surface area contributed by atoms with Crippen molar-refractivity contribution in [2.24, 2.45) is 23.1 Å². The maximum atomic E-state index is 5.47. The molecule has 0 aromatic carbocycles. The minimum absolute atomic E-state index is 0. The van der Waals surface area contributed by atoms with E-state index >= 15 is 0 Å². The number of nitrogens with one attached hydrogen (secondary N) is 1. The van der Waals surface area contributed by atoms with Crippen LogP contribution in [0.4, 0.5) is 0 Å². The lowest BCUT2D eigenvalue weighted by Gasteiger charge is -2.20. The molecule has 0 aromatic heterocycles. The van der Waals surface area contributed by atoms with E-state index in [-0.39, 0.29) is 24.8 Å². The third kappa shape index (κ3) is 49.6. The summed E-state index contributed by atoms with van der Waals surface area (Å²) < 4.78 is 0. The first-order valence-corrected chi connectivity index (χ1v) is 9.65. The van der Waals surface area contributed by atoms with Gasteiger partial charge in [0.2, 0.25) is 0 Å². The van der Waals surface area contributed by atoms with Crippen molar-refractivity contribution in [1.82, 2.24) is 10.2 Å². The molecular formula is C19H49Cl2N5. The second-order valence-electron chi connectivity index (χ2n) is 6.07. The zero-order chi connectivity index (χ0) is 19.1. The van der Waals surface area contributed by atoms with Gasteiger partial charge in [-0.15, -0.1) is 31.4 Å². The summed E-state index contributed by atoms with van der Waals surface area (Å²) in [5, 5.41) is 3.13. The fraction of sp³-hybridized carbons (Fsp3) is 0.895. The van der Waals surface area contributed by atoms with Gasteiger partial charge in [-0.2, -0.15) is 0 Å². The van der Waals surface area contributed by atoms with E-state index in [1.165, 1.54) is 38.6 Å². The van der Waals surface area contributed by atoms with Gasteiger partial charge in [-0.1, -0.05) is 52.5 Å². The van der Waals surface area contributed by atoms with Crippen LogP contribution in [-0.4, -0.2) is 57.8 Å². The molecule has 1 atom stereocenters. The Hall–Kier alpha value is 0.120. The average molecular weight is 419 g/mol. The van der Waals surface area contributed by atoms with Crippen LogP contribution in [0.25, 0.3) is 0 Å². The Balaban J connectivity index is -0.0000000828. The molecule has 0 radical (unpaired) electrons. The standard InChI is InChI=1S/C8H21N3.C5H13N.C3H7N.C3H6.2ClH/c1-3-6-11(7-4-9)8-5-10-2;1-3-5(2)4-6;1-2-3-4;1-2-3-1;;/h10H,3-9H2,1-2H3;5H,3-4,6H2,1-2H3;2H,1,3-4H2;1-3H2;2*1H. The largest absolute Gasteiger partial charge is 0.330 e. The van der Waals surface area contributed by atoms with Crippen molar-refractivity contribution in [1.29, 1.82) is 0 Å². The second kappa shape index (κ2) is 36.1. The van der Waals surface area contributed by atoms with Gasteiger partial charge in [0.25, 0.3) is 0 Å². The van der Waals surface area contributed by atoms with Crippen molar-refractivity contribution in [3.63, 3.8) is 0 Å². The van der Waals surface area contributed by atoms with Crippen LogP contribution in [0.3, 0.4) is 0 Å². The number of rotatable bonds is 10. The summed E-state index contributed by atoms with van der Waals surface area (Å²) in [5.41, 5.74) is 15.7. The molecule has 1 unspecified atom stereocenters. The lowest BCUT2D eigenvalue weighted by atomic mass is 10.1. The molecule has 7 N–H and O–H groups in total. The van der Waals surface area contributed by atoms with E-state index in [0.29, 0.717) is 12.5 Å². The third-order valence-electron chi connectivity index (χ3n) is 3.28. The number of hydrogen-bond acceptors (Lipinski definition) is 5. The molecule has 1 aliphatic carbocycles. The van der Waals surface area contributed by atoms with Crippen LogP contribution in [0.2, 0.25) is 0 Å². The fourth-order valence-electron chi connectivity index (χ4n) is 1.27. The number of nitrogens with zero attached hydrogens (tertiary/aromatic N) is 1. The molecule has 164 valence electrons. The van der Waals surface area contributed by atoms with Gasteiger partial charge in [0.05, 0.1) is 0 Å². The zero-order valence-corrected chi connectivity index (χ0v) is 19.5. The van der Waals surface area contributed by atoms with Crippen molar-refractivity contribution < 1.29 is 0 Å². The quantitative estimate of drug-likeness (QED) is 0.409. The third-order valence-corrected chi connectivity index (χ3v) is 3.28. The second-order valence-corrected chi connectivity index (χ2v) is 6.07. The Morgan fingerprint density at radius 3 is 1.73 bits per heavy atom. The Morgan fingerprint density at radius 2 is 1.54 bits per heavy atom. The first-order chi connectivity index (χ1) is 11.6. The molecule has 1 saturated carbocycles. The van der Waals surface area contributed by atoms with Gasteiger partial charge in [-0.25, -0.2) is 0 Å². The van der Waals surface area contributed by atoms with E-state index in [4.69, 9.17) is 17.2 Å². The van der Waals surface area contributed by atoms with Crippen LogP contribution in [0.1, 0.15) is 52.9 Å². The van der Waals surface area contributed by atoms with Crippen LogP contribution in [0, 0.1) is 5.92 Å².